The molecule has 2 heteroatoms. The van der Waals surface area contributed by atoms with Gasteiger partial charge >= 0.3 is 0 Å². The Bertz CT molecular complexity index is 849. The molecule has 0 spiro atoms. The topological polar surface area (TPSA) is 12.9 Å². The lowest BCUT2D eigenvalue weighted by molar-refractivity contribution is 0.547. The number of rotatable bonds is 4. The molecule has 122 valence electrons. The molecule has 0 amide bonds. The second kappa shape index (κ2) is 6.60. The predicted molar refractivity (Wildman–Crippen MR) is 103 cm³/mol. The first-order valence-electron chi connectivity index (χ1n) is 11.0. The Balaban J connectivity index is 2.13. The summed E-state index contributed by atoms with van der Waals surface area (Å²) >= 11 is 0. The third kappa shape index (κ3) is 3.92. The van der Waals surface area contributed by atoms with Gasteiger partial charge in [0.2, 0.25) is 0 Å². The lowest BCUT2D eigenvalue weighted by atomic mass is 9.97. The molecule has 23 heavy (non-hydrogen) atoms. The van der Waals surface area contributed by atoms with E-state index in [1.165, 1.54) is 0 Å². The van der Waals surface area contributed by atoms with Gasteiger partial charge in [-0.2, -0.15) is 0 Å². The fraction of sp³-hybridized carbons (Fsp3) is 0.476. The SMILES string of the molecule is [2H]C([2H])([2H])c1cccc(-c2cc(C([2H])([2H])C3CCCC3)c([Si](C)(C)C)cn2)c1. The van der Waals surface area contributed by atoms with Crippen LogP contribution in [0.25, 0.3) is 11.3 Å². The summed E-state index contributed by atoms with van der Waals surface area (Å²) in [6, 6.07) is 8.71. The van der Waals surface area contributed by atoms with Crippen molar-refractivity contribution in [2.24, 2.45) is 5.92 Å². The molecule has 1 heterocycles. The van der Waals surface area contributed by atoms with Crippen molar-refractivity contribution in [3.05, 3.63) is 47.7 Å². The second-order valence-electron chi connectivity index (χ2n) is 7.57. The minimum atomic E-state index is -2.17. The summed E-state index contributed by atoms with van der Waals surface area (Å²) in [4.78, 5) is 4.62. The van der Waals surface area contributed by atoms with E-state index in [1.54, 1.807) is 18.2 Å². The minimum Gasteiger partial charge on any atom is -0.256 e. The van der Waals surface area contributed by atoms with Gasteiger partial charge in [0.1, 0.15) is 0 Å². The maximum atomic E-state index is 8.96. The van der Waals surface area contributed by atoms with E-state index < -0.39 is 21.3 Å². The van der Waals surface area contributed by atoms with Crippen LogP contribution in [0.3, 0.4) is 0 Å². The Morgan fingerprint density at radius 3 is 2.70 bits per heavy atom. The second-order valence-corrected chi connectivity index (χ2v) is 12.6. The van der Waals surface area contributed by atoms with Crippen LogP contribution >= 0.6 is 0 Å². The summed E-state index contributed by atoms with van der Waals surface area (Å²) in [5.41, 5.74) is 2.40. The Labute approximate surface area is 149 Å². The van der Waals surface area contributed by atoms with Gasteiger partial charge in [-0.3, -0.25) is 4.98 Å². The number of benzene rings is 1. The summed E-state index contributed by atoms with van der Waals surface area (Å²) in [6.45, 7) is 4.48. The van der Waals surface area contributed by atoms with Gasteiger partial charge in [-0.15, -0.1) is 0 Å². The van der Waals surface area contributed by atoms with Crippen molar-refractivity contribution >= 4 is 13.3 Å². The number of pyridine rings is 1. The van der Waals surface area contributed by atoms with E-state index in [1.807, 2.05) is 18.3 Å². The fourth-order valence-corrected chi connectivity index (χ4v) is 4.70. The van der Waals surface area contributed by atoms with E-state index >= 15 is 0 Å². The van der Waals surface area contributed by atoms with Gasteiger partial charge in [-0.25, -0.2) is 0 Å². The molecule has 1 nitrogen and oxygen atoms in total. The molecule has 0 bridgehead atoms. The van der Waals surface area contributed by atoms with Crippen molar-refractivity contribution < 1.29 is 6.85 Å². The summed E-state index contributed by atoms with van der Waals surface area (Å²) in [7, 11) is -1.80. The van der Waals surface area contributed by atoms with Gasteiger partial charge in [0.05, 0.1) is 13.8 Å². The largest absolute Gasteiger partial charge is 0.256 e. The highest BCUT2D eigenvalue weighted by Crippen LogP contribution is 2.29. The molecule has 0 saturated heterocycles. The van der Waals surface area contributed by atoms with E-state index in [-0.39, 0.29) is 11.5 Å². The lowest BCUT2D eigenvalue weighted by Gasteiger charge is -2.23. The van der Waals surface area contributed by atoms with Gasteiger partial charge in [-0.1, -0.05) is 69.1 Å². The highest BCUT2D eigenvalue weighted by Gasteiger charge is 2.24. The highest BCUT2D eigenvalue weighted by molar-refractivity contribution is 6.89. The average Bonchev–Trinajstić information content (AvgIpc) is 3.15. The molecule has 0 N–H and O–H groups in total. The number of hydrogen-bond donors (Lipinski definition) is 0. The Hall–Kier alpha value is -1.41. The van der Waals surface area contributed by atoms with E-state index in [4.69, 9.17) is 6.85 Å². The molecular weight excluding hydrogens is 294 g/mol. The van der Waals surface area contributed by atoms with Crippen LogP contribution in [0.1, 0.15) is 43.7 Å². The predicted octanol–water partition coefficient (Wildman–Crippen LogP) is 5.33. The third-order valence-corrected chi connectivity index (χ3v) is 6.60. The summed E-state index contributed by atoms with van der Waals surface area (Å²) in [5, 5.41) is 1.06. The first-order chi connectivity index (χ1) is 12.9. The van der Waals surface area contributed by atoms with Crippen molar-refractivity contribution in [1.29, 1.82) is 0 Å². The van der Waals surface area contributed by atoms with Crippen molar-refractivity contribution in [2.45, 2.75) is 58.5 Å². The van der Waals surface area contributed by atoms with Crippen LogP contribution in [-0.2, 0) is 6.37 Å². The molecule has 2 aromatic rings. The molecule has 0 unspecified atom stereocenters. The minimum absolute atomic E-state index is 0.0339. The smallest absolute Gasteiger partial charge is 0.0799 e. The standard InChI is InChI=1S/C21H29NSi/c1-16-8-7-11-18(12-16)20-14-19(13-17-9-5-6-10-17)21(15-22-20)23(2,3)4/h7-8,11-12,14-15,17H,5-6,9-10,13H2,1-4H3/i1D3,13D2. The van der Waals surface area contributed by atoms with Crippen molar-refractivity contribution in [3.8, 4) is 11.3 Å². The molecule has 1 aromatic carbocycles. The van der Waals surface area contributed by atoms with E-state index in [0.29, 0.717) is 5.69 Å². The number of hydrogen-bond acceptors (Lipinski definition) is 1. The molecule has 0 atom stereocenters. The van der Waals surface area contributed by atoms with Crippen LogP contribution in [-0.4, -0.2) is 13.1 Å². The van der Waals surface area contributed by atoms with Crippen molar-refractivity contribution in [1.82, 2.24) is 4.98 Å². The van der Waals surface area contributed by atoms with Crippen LogP contribution in [0.5, 0.6) is 0 Å². The first-order valence-corrected chi connectivity index (χ1v) is 12.0. The zero-order valence-corrected chi connectivity index (χ0v) is 15.3. The number of aryl methyl sites for hydroxylation is 1. The summed E-state index contributed by atoms with van der Waals surface area (Å²) in [6.07, 6.45) is 4.46. The zero-order valence-electron chi connectivity index (χ0n) is 19.3. The molecule has 1 aliphatic carbocycles. The van der Waals surface area contributed by atoms with Gasteiger partial charge < -0.3 is 0 Å². The van der Waals surface area contributed by atoms with E-state index in [9.17, 15) is 0 Å². The summed E-state index contributed by atoms with van der Waals surface area (Å²) < 4.78 is 40.9. The molecule has 0 aliphatic heterocycles. The van der Waals surface area contributed by atoms with Gasteiger partial charge in [0.15, 0.2) is 0 Å². The van der Waals surface area contributed by atoms with Crippen LogP contribution in [0.4, 0.5) is 0 Å². The Kier molecular flexibility index (Phi) is 3.21. The van der Waals surface area contributed by atoms with E-state index in [0.717, 1.165) is 42.0 Å². The van der Waals surface area contributed by atoms with Crippen LogP contribution in [0, 0.1) is 12.8 Å². The van der Waals surface area contributed by atoms with Crippen LogP contribution < -0.4 is 5.19 Å². The Morgan fingerprint density at radius 1 is 1.22 bits per heavy atom. The van der Waals surface area contributed by atoms with E-state index in [2.05, 4.69) is 24.6 Å². The number of aromatic nitrogens is 1. The average molecular weight is 329 g/mol. The molecule has 1 saturated carbocycles. The number of nitrogens with zero attached hydrogens (tertiary/aromatic N) is 1. The van der Waals surface area contributed by atoms with Crippen LogP contribution in [0.2, 0.25) is 19.6 Å². The van der Waals surface area contributed by atoms with Crippen molar-refractivity contribution in [3.63, 3.8) is 0 Å². The molecule has 1 aromatic heterocycles. The Morgan fingerprint density at radius 2 is 2.00 bits per heavy atom. The molecule has 1 fully saturated rings. The maximum Gasteiger partial charge on any atom is 0.0799 e. The first kappa shape index (κ1) is 11.2. The third-order valence-electron chi connectivity index (χ3n) is 4.59. The highest BCUT2D eigenvalue weighted by atomic mass is 28.3. The molecule has 3 rings (SSSR count). The molecule has 0 radical (unpaired) electrons. The van der Waals surface area contributed by atoms with Crippen LogP contribution in [0.15, 0.2) is 36.5 Å². The monoisotopic (exact) mass is 328 g/mol. The van der Waals surface area contributed by atoms with Gasteiger partial charge in [0.25, 0.3) is 0 Å². The molecule has 1 aliphatic rings. The quantitative estimate of drug-likeness (QED) is 0.691. The summed E-state index contributed by atoms with van der Waals surface area (Å²) in [5.74, 6) is 0.0339. The van der Waals surface area contributed by atoms with Gasteiger partial charge in [0, 0.05) is 18.6 Å². The maximum absolute atomic E-state index is 8.96. The lowest BCUT2D eigenvalue weighted by Crippen LogP contribution is -2.41. The molecular formula is C21H29NSi. The fourth-order valence-electron chi connectivity index (χ4n) is 3.30. The van der Waals surface area contributed by atoms with Gasteiger partial charge in [-0.05, 0) is 42.0 Å². The zero-order chi connectivity index (χ0) is 20.7. The van der Waals surface area contributed by atoms with Crippen molar-refractivity contribution in [2.75, 3.05) is 0 Å². The normalized spacial score (nSPS) is 20.4.